The highest BCUT2D eigenvalue weighted by Gasteiger charge is 2.10. The molecule has 0 fully saturated rings. The summed E-state index contributed by atoms with van der Waals surface area (Å²) in [6, 6.07) is 11.3. The zero-order valence-corrected chi connectivity index (χ0v) is 16.4. The zero-order valence-electron chi connectivity index (χ0n) is 16.4. The first kappa shape index (κ1) is 21.2. The van der Waals surface area contributed by atoms with Gasteiger partial charge in [-0.05, 0) is 55.7 Å². The minimum Gasteiger partial charge on any atom is -0.484 e. The first-order valence-electron chi connectivity index (χ1n) is 9.47. The SMILES string of the molecule is CCN(CC)C(=O)COc1cccc(CCNC(=O)/C=C/c2cccnc2)c1. The van der Waals surface area contributed by atoms with Crippen molar-refractivity contribution in [2.75, 3.05) is 26.2 Å². The second-order valence-electron chi connectivity index (χ2n) is 6.16. The number of carbonyl (C=O) groups excluding carboxylic acids is 2. The third kappa shape index (κ3) is 7.23. The van der Waals surface area contributed by atoms with Crippen LogP contribution in [-0.2, 0) is 16.0 Å². The monoisotopic (exact) mass is 381 g/mol. The molecule has 0 aliphatic carbocycles. The lowest BCUT2D eigenvalue weighted by Gasteiger charge is -2.18. The molecule has 148 valence electrons. The molecule has 6 nitrogen and oxygen atoms in total. The Morgan fingerprint density at radius 1 is 1.18 bits per heavy atom. The first-order chi connectivity index (χ1) is 13.6. The zero-order chi connectivity index (χ0) is 20.2. The lowest BCUT2D eigenvalue weighted by Crippen LogP contribution is -2.34. The molecule has 1 aromatic heterocycles. The fourth-order valence-corrected chi connectivity index (χ4v) is 2.64. The van der Waals surface area contributed by atoms with E-state index in [-0.39, 0.29) is 18.4 Å². The summed E-state index contributed by atoms with van der Waals surface area (Å²) in [4.78, 5) is 29.6. The Balaban J connectivity index is 1.77. The lowest BCUT2D eigenvalue weighted by molar-refractivity contribution is -0.133. The van der Waals surface area contributed by atoms with E-state index in [0.717, 1.165) is 11.1 Å². The molecule has 28 heavy (non-hydrogen) atoms. The highest BCUT2D eigenvalue weighted by atomic mass is 16.5. The molecule has 1 aromatic carbocycles. The Bertz CT molecular complexity index is 787. The molecule has 0 aliphatic heterocycles. The van der Waals surface area contributed by atoms with Gasteiger partial charge in [-0.15, -0.1) is 0 Å². The van der Waals surface area contributed by atoms with Crippen molar-refractivity contribution in [2.45, 2.75) is 20.3 Å². The summed E-state index contributed by atoms with van der Waals surface area (Å²) < 4.78 is 5.61. The van der Waals surface area contributed by atoms with Crippen LogP contribution in [0.1, 0.15) is 25.0 Å². The molecule has 1 N–H and O–H groups in total. The van der Waals surface area contributed by atoms with Gasteiger partial charge in [0, 0.05) is 38.1 Å². The van der Waals surface area contributed by atoms with Crippen LogP contribution in [0.4, 0.5) is 0 Å². The predicted octanol–water partition coefficient (Wildman–Crippen LogP) is 2.70. The number of amides is 2. The predicted molar refractivity (Wildman–Crippen MR) is 110 cm³/mol. The highest BCUT2D eigenvalue weighted by molar-refractivity contribution is 5.91. The molecular formula is C22H27N3O3. The number of ether oxygens (including phenoxy) is 1. The molecule has 0 radical (unpaired) electrons. The fourth-order valence-electron chi connectivity index (χ4n) is 2.64. The highest BCUT2D eigenvalue weighted by Crippen LogP contribution is 2.14. The van der Waals surface area contributed by atoms with E-state index in [2.05, 4.69) is 10.3 Å². The molecule has 0 bridgehead atoms. The van der Waals surface area contributed by atoms with Gasteiger partial charge in [0.25, 0.3) is 5.91 Å². The molecule has 0 spiro atoms. The van der Waals surface area contributed by atoms with Crippen molar-refractivity contribution in [3.05, 3.63) is 66.0 Å². The topological polar surface area (TPSA) is 71.5 Å². The van der Waals surface area contributed by atoms with E-state index in [1.54, 1.807) is 23.4 Å². The molecule has 0 aliphatic rings. The van der Waals surface area contributed by atoms with Crippen LogP contribution in [-0.4, -0.2) is 47.9 Å². The summed E-state index contributed by atoms with van der Waals surface area (Å²) in [5.41, 5.74) is 1.91. The van der Waals surface area contributed by atoms with E-state index in [0.29, 0.717) is 31.8 Å². The van der Waals surface area contributed by atoms with Crippen LogP contribution in [0.5, 0.6) is 5.75 Å². The summed E-state index contributed by atoms with van der Waals surface area (Å²) in [5, 5.41) is 2.85. The number of nitrogens with one attached hydrogen (secondary N) is 1. The van der Waals surface area contributed by atoms with Crippen molar-refractivity contribution in [3.8, 4) is 5.75 Å². The van der Waals surface area contributed by atoms with Crippen molar-refractivity contribution in [1.82, 2.24) is 15.2 Å². The lowest BCUT2D eigenvalue weighted by atomic mass is 10.1. The smallest absolute Gasteiger partial charge is 0.260 e. The van der Waals surface area contributed by atoms with E-state index >= 15 is 0 Å². The third-order valence-corrected chi connectivity index (χ3v) is 4.20. The van der Waals surface area contributed by atoms with Gasteiger partial charge in [0.1, 0.15) is 5.75 Å². The van der Waals surface area contributed by atoms with Crippen molar-refractivity contribution in [1.29, 1.82) is 0 Å². The van der Waals surface area contributed by atoms with E-state index in [1.807, 2.05) is 50.2 Å². The van der Waals surface area contributed by atoms with Gasteiger partial charge in [-0.2, -0.15) is 0 Å². The number of nitrogens with zero attached hydrogens (tertiary/aromatic N) is 2. The molecule has 0 saturated carbocycles. The van der Waals surface area contributed by atoms with Crippen LogP contribution in [0.2, 0.25) is 0 Å². The average Bonchev–Trinajstić information content (AvgIpc) is 2.73. The largest absolute Gasteiger partial charge is 0.484 e. The van der Waals surface area contributed by atoms with Crippen LogP contribution in [0.25, 0.3) is 6.08 Å². The molecule has 2 amide bonds. The van der Waals surface area contributed by atoms with Crippen LogP contribution in [0.15, 0.2) is 54.9 Å². The van der Waals surface area contributed by atoms with Gasteiger partial charge in [-0.1, -0.05) is 18.2 Å². The number of benzene rings is 1. The van der Waals surface area contributed by atoms with Gasteiger partial charge in [0.2, 0.25) is 5.91 Å². The molecule has 2 rings (SSSR count). The summed E-state index contributed by atoms with van der Waals surface area (Å²) in [6.07, 6.45) is 7.28. The molecule has 0 unspecified atom stereocenters. The Kier molecular flexibility index (Phi) is 8.72. The molecule has 6 heteroatoms. The number of likely N-dealkylation sites (N-methyl/N-ethyl adjacent to an activating group) is 1. The molecule has 2 aromatic rings. The Morgan fingerprint density at radius 2 is 2.00 bits per heavy atom. The molecule has 1 heterocycles. The van der Waals surface area contributed by atoms with Gasteiger partial charge in [0.15, 0.2) is 6.61 Å². The Morgan fingerprint density at radius 3 is 2.71 bits per heavy atom. The third-order valence-electron chi connectivity index (χ3n) is 4.20. The van der Waals surface area contributed by atoms with Crippen LogP contribution < -0.4 is 10.1 Å². The summed E-state index contributed by atoms with van der Waals surface area (Å²) in [6.45, 7) is 5.78. The number of rotatable bonds is 10. The van der Waals surface area contributed by atoms with Gasteiger partial charge in [0.05, 0.1) is 0 Å². The van der Waals surface area contributed by atoms with Crippen LogP contribution >= 0.6 is 0 Å². The Labute approximate surface area is 166 Å². The van der Waals surface area contributed by atoms with E-state index in [9.17, 15) is 9.59 Å². The summed E-state index contributed by atoms with van der Waals surface area (Å²) in [7, 11) is 0. The van der Waals surface area contributed by atoms with E-state index < -0.39 is 0 Å². The number of hydrogen-bond acceptors (Lipinski definition) is 4. The maximum atomic E-state index is 12.0. The van der Waals surface area contributed by atoms with Crippen LogP contribution in [0.3, 0.4) is 0 Å². The van der Waals surface area contributed by atoms with Gasteiger partial charge < -0.3 is 15.0 Å². The number of aromatic nitrogens is 1. The second kappa shape index (κ2) is 11.5. The minimum absolute atomic E-state index is 0.0249. The average molecular weight is 381 g/mol. The quantitative estimate of drug-likeness (QED) is 0.643. The van der Waals surface area contributed by atoms with Crippen molar-refractivity contribution < 1.29 is 14.3 Å². The van der Waals surface area contributed by atoms with Crippen LogP contribution in [0, 0.1) is 0 Å². The maximum absolute atomic E-state index is 12.0. The maximum Gasteiger partial charge on any atom is 0.260 e. The van der Waals surface area contributed by atoms with E-state index in [1.165, 1.54) is 6.08 Å². The summed E-state index contributed by atoms with van der Waals surface area (Å²) in [5.74, 6) is 0.477. The Hall–Kier alpha value is -3.15. The standard InChI is InChI=1S/C22H27N3O3/c1-3-25(4-2)22(27)17-28-20-9-5-7-18(15-20)12-14-24-21(26)11-10-19-8-6-13-23-16-19/h5-11,13,15-16H,3-4,12,14,17H2,1-2H3,(H,24,26)/b11-10+. The number of carbonyl (C=O) groups is 2. The second-order valence-corrected chi connectivity index (χ2v) is 6.16. The first-order valence-corrected chi connectivity index (χ1v) is 9.47. The number of pyridine rings is 1. The summed E-state index contributed by atoms with van der Waals surface area (Å²) >= 11 is 0. The normalized spacial score (nSPS) is 10.6. The van der Waals surface area contributed by atoms with Crippen molar-refractivity contribution in [3.63, 3.8) is 0 Å². The van der Waals surface area contributed by atoms with E-state index in [4.69, 9.17) is 4.74 Å². The molecule has 0 saturated heterocycles. The molecular weight excluding hydrogens is 354 g/mol. The molecule has 0 atom stereocenters. The van der Waals surface area contributed by atoms with Gasteiger partial charge in [-0.3, -0.25) is 14.6 Å². The van der Waals surface area contributed by atoms with Gasteiger partial charge in [-0.25, -0.2) is 0 Å². The van der Waals surface area contributed by atoms with Crippen molar-refractivity contribution >= 4 is 17.9 Å². The minimum atomic E-state index is -0.152. The fraction of sp³-hybridized carbons (Fsp3) is 0.318. The van der Waals surface area contributed by atoms with Gasteiger partial charge >= 0.3 is 0 Å². The van der Waals surface area contributed by atoms with Crippen molar-refractivity contribution in [2.24, 2.45) is 0 Å². The number of hydrogen-bond donors (Lipinski definition) is 1.